The average molecular weight is 266 g/mol. The van der Waals surface area contributed by atoms with Gasteiger partial charge in [0.2, 0.25) is 0 Å². The Morgan fingerprint density at radius 2 is 1.89 bits per heavy atom. The molecule has 0 fully saturated rings. The van der Waals surface area contributed by atoms with Crippen LogP contribution < -0.4 is 0 Å². The van der Waals surface area contributed by atoms with Crippen molar-refractivity contribution >= 4 is 11.8 Å². The van der Waals surface area contributed by atoms with Gasteiger partial charge in [-0.05, 0) is 19.4 Å². The molecule has 0 aliphatic rings. The van der Waals surface area contributed by atoms with Gasteiger partial charge in [-0.15, -0.1) is 0 Å². The molecule has 0 aromatic heterocycles. The lowest BCUT2D eigenvalue weighted by atomic mass is 9.95. The van der Waals surface area contributed by atoms with Crippen molar-refractivity contribution in [2.45, 2.75) is 32.5 Å². The van der Waals surface area contributed by atoms with E-state index in [0.717, 1.165) is 0 Å². The van der Waals surface area contributed by atoms with Gasteiger partial charge in [-0.2, -0.15) is 0 Å². The number of aliphatic hydroxyl groups excluding tert-OH is 2. The fraction of sp³-hybridized carbons (Fsp3) is 0.429. The van der Waals surface area contributed by atoms with Crippen molar-refractivity contribution in [1.82, 2.24) is 0 Å². The molecule has 0 saturated carbocycles. The van der Waals surface area contributed by atoms with E-state index >= 15 is 0 Å². The molecule has 1 rings (SSSR count). The highest BCUT2D eigenvalue weighted by molar-refractivity contribution is 5.95. The number of carbonyl (C=O) groups excluding carboxylic acids is 2. The highest BCUT2D eigenvalue weighted by Gasteiger charge is 2.24. The van der Waals surface area contributed by atoms with Gasteiger partial charge >= 0.3 is 5.97 Å². The fourth-order valence-corrected chi connectivity index (χ4v) is 1.79. The summed E-state index contributed by atoms with van der Waals surface area (Å²) in [7, 11) is 0. The van der Waals surface area contributed by atoms with Crippen molar-refractivity contribution in [3.63, 3.8) is 0 Å². The number of hydrogen-bond donors (Lipinski definition) is 2. The molecule has 0 radical (unpaired) electrons. The molecule has 0 heterocycles. The molecule has 0 aliphatic carbocycles. The maximum Gasteiger partial charge on any atom is 0.308 e. The van der Waals surface area contributed by atoms with Gasteiger partial charge < -0.3 is 14.9 Å². The maximum absolute atomic E-state index is 11.4. The number of benzene rings is 1. The first-order valence-corrected chi connectivity index (χ1v) is 6.09. The van der Waals surface area contributed by atoms with E-state index in [0.29, 0.717) is 11.1 Å². The van der Waals surface area contributed by atoms with Crippen LogP contribution in [-0.2, 0) is 9.53 Å². The Hall–Kier alpha value is -1.72. The summed E-state index contributed by atoms with van der Waals surface area (Å²) in [6.07, 6.45) is -2.93. The van der Waals surface area contributed by atoms with E-state index in [1.807, 2.05) is 0 Å². The first kappa shape index (κ1) is 15.3. The van der Waals surface area contributed by atoms with Crippen LogP contribution in [-0.4, -0.2) is 34.7 Å². The minimum atomic E-state index is -1.31. The zero-order valence-corrected chi connectivity index (χ0v) is 11.0. The SMILES string of the molecule is CCOC(=O)CC(O)C(O)c1ccccc1C(C)=O. The van der Waals surface area contributed by atoms with Crippen molar-refractivity contribution in [1.29, 1.82) is 0 Å². The zero-order valence-electron chi connectivity index (χ0n) is 11.0. The largest absolute Gasteiger partial charge is 0.466 e. The van der Waals surface area contributed by atoms with Crippen molar-refractivity contribution in [2.24, 2.45) is 0 Å². The lowest BCUT2D eigenvalue weighted by Crippen LogP contribution is -2.24. The van der Waals surface area contributed by atoms with E-state index in [-0.39, 0.29) is 18.8 Å². The van der Waals surface area contributed by atoms with E-state index in [9.17, 15) is 19.8 Å². The summed E-state index contributed by atoms with van der Waals surface area (Å²) in [4.78, 5) is 22.7. The van der Waals surface area contributed by atoms with Gasteiger partial charge in [-0.1, -0.05) is 24.3 Å². The second kappa shape index (κ2) is 7.01. The van der Waals surface area contributed by atoms with Crippen molar-refractivity contribution < 1.29 is 24.5 Å². The van der Waals surface area contributed by atoms with Gasteiger partial charge in [-0.25, -0.2) is 0 Å². The molecule has 0 bridgehead atoms. The van der Waals surface area contributed by atoms with Crippen LogP contribution in [0.25, 0.3) is 0 Å². The van der Waals surface area contributed by atoms with Crippen LogP contribution in [0.2, 0.25) is 0 Å². The number of esters is 1. The summed E-state index contributed by atoms with van der Waals surface area (Å²) >= 11 is 0. The van der Waals surface area contributed by atoms with Gasteiger partial charge in [0.1, 0.15) is 6.10 Å². The van der Waals surface area contributed by atoms with Gasteiger partial charge in [0, 0.05) is 5.56 Å². The highest BCUT2D eigenvalue weighted by Crippen LogP contribution is 2.23. The summed E-state index contributed by atoms with van der Waals surface area (Å²) in [5.41, 5.74) is 0.643. The van der Waals surface area contributed by atoms with Crippen molar-refractivity contribution in [3.05, 3.63) is 35.4 Å². The third-order valence-electron chi connectivity index (χ3n) is 2.70. The molecule has 2 unspecified atom stereocenters. The lowest BCUT2D eigenvalue weighted by molar-refractivity contribution is -0.147. The smallest absolute Gasteiger partial charge is 0.308 e. The Morgan fingerprint density at radius 3 is 2.47 bits per heavy atom. The molecule has 2 atom stereocenters. The molecule has 2 N–H and O–H groups in total. The van der Waals surface area contributed by atoms with E-state index in [1.165, 1.54) is 6.92 Å². The lowest BCUT2D eigenvalue weighted by Gasteiger charge is -2.19. The van der Waals surface area contributed by atoms with E-state index in [4.69, 9.17) is 4.74 Å². The van der Waals surface area contributed by atoms with Crippen LogP contribution in [0, 0.1) is 0 Å². The van der Waals surface area contributed by atoms with E-state index < -0.39 is 18.2 Å². The third kappa shape index (κ3) is 4.15. The molecule has 1 aromatic rings. The average Bonchev–Trinajstić information content (AvgIpc) is 2.37. The minimum Gasteiger partial charge on any atom is -0.466 e. The number of aliphatic hydroxyl groups is 2. The normalized spacial score (nSPS) is 13.7. The first-order chi connectivity index (χ1) is 8.97. The molecule has 5 nitrogen and oxygen atoms in total. The second-order valence-electron chi connectivity index (χ2n) is 4.16. The fourth-order valence-electron chi connectivity index (χ4n) is 1.79. The molecular formula is C14H18O5. The van der Waals surface area contributed by atoms with Crippen LogP contribution >= 0.6 is 0 Å². The molecule has 0 saturated heterocycles. The molecule has 0 spiro atoms. The number of Topliss-reactive ketones (excluding diaryl/α,β-unsaturated/α-hetero) is 1. The Labute approximate surface area is 111 Å². The van der Waals surface area contributed by atoms with Crippen molar-refractivity contribution in [2.75, 3.05) is 6.61 Å². The predicted molar refractivity (Wildman–Crippen MR) is 68.7 cm³/mol. The third-order valence-corrected chi connectivity index (χ3v) is 2.70. The van der Waals surface area contributed by atoms with Crippen LogP contribution in [0.4, 0.5) is 0 Å². The monoisotopic (exact) mass is 266 g/mol. The van der Waals surface area contributed by atoms with E-state index in [2.05, 4.69) is 0 Å². The number of ketones is 1. The summed E-state index contributed by atoms with van der Waals surface area (Å²) < 4.78 is 4.70. The first-order valence-electron chi connectivity index (χ1n) is 6.09. The number of hydrogen-bond acceptors (Lipinski definition) is 5. The summed E-state index contributed by atoms with van der Waals surface area (Å²) in [6.45, 7) is 3.25. The standard InChI is InChI=1S/C14H18O5/c1-3-19-13(17)8-12(16)14(18)11-7-5-4-6-10(11)9(2)15/h4-7,12,14,16,18H,3,8H2,1-2H3. The van der Waals surface area contributed by atoms with Crippen LogP contribution in [0.3, 0.4) is 0 Å². The van der Waals surface area contributed by atoms with Crippen LogP contribution in [0.15, 0.2) is 24.3 Å². The number of carbonyl (C=O) groups is 2. The van der Waals surface area contributed by atoms with E-state index in [1.54, 1.807) is 31.2 Å². The maximum atomic E-state index is 11.4. The van der Waals surface area contributed by atoms with Gasteiger partial charge in [0.05, 0.1) is 19.1 Å². The van der Waals surface area contributed by atoms with Crippen LogP contribution in [0.1, 0.15) is 42.3 Å². The topological polar surface area (TPSA) is 83.8 Å². The summed E-state index contributed by atoms with van der Waals surface area (Å²) in [6, 6.07) is 6.44. The second-order valence-corrected chi connectivity index (χ2v) is 4.16. The quantitative estimate of drug-likeness (QED) is 0.597. The predicted octanol–water partition coefficient (Wildman–Crippen LogP) is 1.24. The molecule has 5 heteroatoms. The van der Waals surface area contributed by atoms with Gasteiger partial charge in [-0.3, -0.25) is 9.59 Å². The molecule has 0 amide bonds. The molecule has 19 heavy (non-hydrogen) atoms. The van der Waals surface area contributed by atoms with Gasteiger partial charge in [0.25, 0.3) is 0 Å². The molecule has 1 aromatic carbocycles. The molecule has 104 valence electrons. The summed E-state index contributed by atoms with van der Waals surface area (Å²) in [5.74, 6) is -0.799. The van der Waals surface area contributed by atoms with Crippen LogP contribution in [0.5, 0.6) is 0 Å². The summed E-state index contributed by atoms with van der Waals surface area (Å²) in [5, 5.41) is 19.8. The Balaban J connectivity index is 2.85. The zero-order chi connectivity index (χ0) is 14.4. The Morgan fingerprint density at radius 1 is 1.26 bits per heavy atom. The van der Waals surface area contributed by atoms with Gasteiger partial charge in [0.15, 0.2) is 5.78 Å². The Bertz CT molecular complexity index is 455. The number of ether oxygens (including phenoxy) is 1. The van der Waals surface area contributed by atoms with Crippen molar-refractivity contribution in [3.8, 4) is 0 Å². The Kier molecular flexibility index (Phi) is 5.66. The molecular weight excluding hydrogens is 248 g/mol. The number of rotatable bonds is 6. The minimum absolute atomic E-state index is 0.210. The molecule has 0 aliphatic heterocycles. The highest BCUT2D eigenvalue weighted by atomic mass is 16.5.